The van der Waals surface area contributed by atoms with Gasteiger partial charge in [-0.1, -0.05) is 0 Å². The third kappa shape index (κ3) is 2.09. The first-order valence-corrected chi connectivity index (χ1v) is 6.05. The molecule has 7 nitrogen and oxygen atoms in total. The Balaban J connectivity index is 1.86. The zero-order valence-electron chi connectivity index (χ0n) is 10.8. The molecule has 1 amide bonds. The van der Waals surface area contributed by atoms with E-state index in [-0.39, 0.29) is 0 Å². The van der Waals surface area contributed by atoms with Crippen LogP contribution in [0.25, 0.3) is 10.9 Å². The van der Waals surface area contributed by atoms with Gasteiger partial charge in [-0.3, -0.25) is 4.68 Å². The second kappa shape index (κ2) is 4.69. The summed E-state index contributed by atoms with van der Waals surface area (Å²) in [5, 5.41) is 17.3. The second-order valence-electron chi connectivity index (χ2n) is 4.39. The number of amides is 1. The fraction of sp³-hybridized carbons (Fsp3) is 0.154. The van der Waals surface area contributed by atoms with Crippen molar-refractivity contribution >= 4 is 28.9 Å². The Hall–Kier alpha value is -2.83. The first-order valence-electron chi connectivity index (χ1n) is 6.05. The van der Waals surface area contributed by atoms with Crippen molar-refractivity contribution < 1.29 is 9.90 Å². The Bertz CT molecular complexity index is 719. The van der Waals surface area contributed by atoms with Gasteiger partial charge in [0, 0.05) is 30.5 Å². The van der Waals surface area contributed by atoms with Crippen molar-refractivity contribution in [3.63, 3.8) is 0 Å². The molecule has 0 saturated carbocycles. The number of aliphatic imine (C=N–C) groups is 1. The molecule has 0 bridgehead atoms. The van der Waals surface area contributed by atoms with Gasteiger partial charge >= 0.3 is 6.09 Å². The number of nitrogens with zero attached hydrogens (tertiary/aromatic N) is 4. The number of fused-ring (bicyclic) bond motifs is 1. The number of hydrogen-bond acceptors (Lipinski definition) is 4. The van der Waals surface area contributed by atoms with Gasteiger partial charge in [0.1, 0.15) is 0 Å². The molecule has 20 heavy (non-hydrogen) atoms. The van der Waals surface area contributed by atoms with Crippen LogP contribution < -0.4 is 5.32 Å². The lowest BCUT2D eigenvalue weighted by atomic mass is 10.2. The van der Waals surface area contributed by atoms with Crippen molar-refractivity contribution in [3.05, 3.63) is 36.7 Å². The Morgan fingerprint density at radius 3 is 3.10 bits per heavy atom. The van der Waals surface area contributed by atoms with Crippen LogP contribution in [0.15, 0.2) is 41.7 Å². The third-order valence-corrected chi connectivity index (χ3v) is 3.09. The molecule has 0 spiro atoms. The van der Waals surface area contributed by atoms with Crippen LogP contribution in [0, 0.1) is 0 Å². The van der Waals surface area contributed by atoms with E-state index in [1.54, 1.807) is 23.2 Å². The normalized spacial score (nSPS) is 17.6. The fourth-order valence-electron chi connectivity index (χ4n) is 2.09. The average Bonchev–Trinajstić information content (AvgIpc) is 2.80. The molecule has 2 N–H and O–H groups in total. The quantitative estimate of drug-likeness (QED) is 0.873. The van der Waals surface area contributed by atoms with Gasteiger partial charge in [0.2, 0.25) is 6.29 Å². The highest BCUT2D eigenvalue weighted by Crippen LogP contribution is 2.20. The number of benzene rings is 1. The van der Waals surface area contributed by atoms with E-state index >= 15 is 0 Å². The van der Waals surface area contributed by atoms with Crippen LogP contribution in [0.5, 0.6) is 0 Å². The molecular formula is C13H13N5O2. The maximum Gasteiger partial charge on any atom is 0.414 e. The Morgan fingerprint density at radius 2 is 2.30 bits per heavy atom. The van der Waals surface area contributed by atoms with Gasteiger partial charge in [-0.2, -0.15) is 5.10 Å². The van der Waals surface area contributed by atoms with Gasteiger partial charge in [0.25, 0.3) is 0 Å². The summed E-state index contributed by atoms with van der Waals surface area (Å²) in [6.45, 7) is 0. The Morgan fingerprint density at radius 1 is 1.45 bits per heavy atom. The molecule has 0 saturated heterocycles. The zero-order chi connectivity index (χ0) is 14.1. The van der Waals surface area contributed by atoms with Crippen molar-refractivity contribution in [1.29, 1.82) is 0 Å². The average molecular weight is 271 g/mol. The molecule has 1 atom stereocenters. The van der Waals surface area contributed by atoms with Gasteiger partial charge in [-0.05, 0) is 24.3 Å². The number of allylic oxidation sites excluding steroid dienone is 1. The van der Waals surface area contributed by atoms with Crippen LogP contribution in [-0.4, -0.2) is 38.4 Å². The Labute approximate surface area is 114 Å². The van der Waals surface area contributed by atoms with Crippen molar-refractivity contribution in [2.45, 2.75) is 6.29 Å². The first kappa shape index (κ1) is 12.2. The number of nitrogens with one attached hydrogen (secondary N) is 1. The molecule has 0 fully saturated rings. The summed E-state index contributed by atoms with van der Waals surface area (Å²) >= 11 is 0. The highest BCUT2D eigenvalue weighted by atomic mass is 16.4. The van der Waals surface area contributed by atoms with Crippen LogP contribution in [0.3, 0.4) is 0 Å². The molecular weight excluding hydrogens is 258 g/mol. The van der Waals surface area contributed by atoms with E-state index in [2.05, 4.69) is 15.4 Å². The summed E-state index contributed by atoms with van der Waals surface area (Å²) in [5.74, 6) is 0. The van der Waals surface area contributed by atoms with E-state index in [9.17, 15) is 4.79 Å². The van der Waals surface area contributed by atoms with Gasteiger partial charge in [0.15, 0.2) is 0 Å². The maximum atomic E-state index is 11.1. The van der Waals surface area contributed by atoms with Crippen LogP contribution >= 0.6 is 0 Å². The van der Waals surface area contributed by atoms with Crippen molar-refractivity contribution in [2.75, 3.05) is 5.32 Å². The molecule has 1 aromatic carbocycles. The lowest BCUT2D eigenvalue weighted by Gasteiger charge is -2.26. The minimum Gasteiger partial charge on any atom is -0.465 e. The summed E-state index contributed by atoms with van der Waals surface area (Å²) in [5.41, 5.74) is 1.80. The van der Waals surface area contributed by atoms with E-state index in [1.807, 2.05) is 25.2 Å². The molecule has 2 aromatic rings. The van der Waals surface area contributed by atoms with Crippen molar-refractivity contribution in [3.8, 4) is 0 Å². The zero-order valence-corrected chi connectivity index (χ0v) is 10.8. The molecule has 0 aliphatic carbocycles. The van der Waals surface area contributed by atoms with Gasteiger partial charge in [0.05, 0.1) is 11.7 Å². The lowest BCUT2D eigenvalue weighted by Crippen LogP contribution is -2.40. The van der Waals surface area contributed by atoms with Gasteiger partial charge < -0.3 is 10.4 Å². The van der Waals surface area contributed by atoms with E-state index in [0.717, 1.165) is 21.5 Å². The lowest BCUT2D eigenvalue weighted by molar-refractivity contribution is 0.153. The van der Waals surface area contributed by atoms with Crippen molar-refractivity contribution in [2.24, 2.45) is 12.0 Å². The number of anilines is 1. The fourth-order valence-corrected chi connectivity index (χ4v) is 2.09. The smallest absolute Gasteiger partial charge is 0.414 e. The van der Waals surface area contributed by atoms with Crippen LogP contribution in [0.4, 0.5) is 10.5 Å². The summed E-state index contributed by atoms with van der Waals surface area (Å²) in [6.07, 6.45) is 4.66. The van der Waals surface area contributed by atoms with E-state index in [4.69, 9.17) is 5.11 Å². The highest BCUT2D eigenvalue weighted by molar-refractivity contribution is 5.83. The topological polar surface area (TPSA) is 82.8 Å². The number of carbonyl (C=O) groups is 1. The SMILES string of the molecule is Cn1ncc2cc(NC3N=CC=CN3C(=O)O)ccc21. The molecule has 1 aliphatic rings. The Kier molecular flexibility index (Phi) is 2.86. The van der Waals surface area contributed by atoms with Crippen LogP contribution in [-0.2, 0) is 7.05 Å². The number of rotatable bonds is 2. The van der Waals surface area contributed by atoms with Crippen LogP contribution in [0.2, 0.25) is 0 Å². The highest BCUT2D eigenvalue weighted by Gasteiger charge is 2.21. The molecule has 1 unspecified atom stereocenters. The maximum absolute atomic E-state index is 11.1. The molecule has 1 aliphatic heterocycles. The molecule has 3 rings (SSSR count). The molecule has 2 heterocycles. The standard InChI is InChI=1S/C13H13N5O2/c1-17-11-4-3-10(7-9(11)8-15-17)16-12-14-5-2-6-18(12)13(19)20/h2-8,12,16H,1H3,(H,19,20). The summed E-state index contributed by atoms with van der Waals surface area (Å²) < 4.78 is 1.78. The van der Waals surface area contributed by atoms with Gasteiger partial charge in [-0.15, -0.1) is 0 Å². The molecule has 7 heteroatoms. The minimum absolute atomic E-state index is 0.661. The predicted molar refractivity (Wildman–Crippen MR) is 75.6 cm³/mol. The number of aromatic nitrogens is 2. The third-order valence-electron chi connectivity index (χ3n) is 3.09. The monoisotopic (exact) mass is 271 g/mol. The number of hydrogen-bond donors (Lipinski definition) is 2. The molecule has 0 radical (unpaired) electrons. The van der Waals surface area contributed by atoms with E-state index in [0.29, 0.717) is 0 Å². The molecule has 102 valence electrons. The summed E-state index contributed by atoms with van der Waals surface area (Å²) in [4.78, 5) is 16.3. The first-order chi connectivity index (χ1) is 9.65. The van der Waals surface area contributed by atoms with Gasteiger partial charge in [-0.25, -0.2) is 14.7 Å². The number of carboxylic acid groups (broad SMARTS) is 1. The predicted octanol–water partition coefficient (Wildman–Crippen LogP) is 1.85. The molecule has 1 aromatic heterocycles. The van der Waals surface area contributed by atoms with E-state index in [1.165, 1.54) is 6.20 Å². The van der Waals surface area contributed by atoms with Crippen molar-refractivity contribution in [1.82, 2.24) is 14.7 Å². The summed E-state index contributed by atoms with van der Waals surface area (Å²) in [6, 6.07) is 5.71. The second-order valence-corrected chi connectivity index (χ2v) is 4.39. The van der Waals surface area contributed by atoms with E-state index < -0.39 is 12.4 Å². The minimum atomic E-state index is -1.06. The number of aryl methyl sites for hydroxylation is 1. The van der Waals surface area contributed by atoms with Crippen LogP contribution in [0.1, 0.15) is 0 Å². The largest absolute Gasteiger partial charge is 0.465 e. The summed E-state index contributed by atoms with van der Waals surface area (Å²) in [7, 11) is 1.87.